The summed E-state index contributed by atoms with van der Waals surface area (Å²) in [6.45, 7) is 1.52. The molecule has 0 saturated heterocycles. The highest BCUT2D eigenvalue weighted by atomic mass is 35.5. The van der Waals surface area contributed by atoms with E-state index in [9.17, 15) is 14.0 Å². The van der Waals surface area contributed by atoms with E-state index >= 15 is 0 Å². The molecule has 2 aromatic carbocycles. The first-order valence-electron chi connectivity index (χ1n) is 8.32. The van der Waals surface area contributed by atoms with Crippen LogP contribution in [0.4, 0.5) is 15.8 Å². The lowest BCUT2D eigenvalue weighted by molar-refractivity contribution is -0.117. The monoisotopic (exact) mass is 385 g/mol. The van der Waals surface area contributed by atoms with E-state index in [-0.39, 0.29) is 29.8 Å². The molecule has 0 atom stereocenters. The average molecular weight is 386 g/mol. The Morgan fingerprint density at radius 2 is 1.96 bits per heavy atom. The van der Waals surface area contributed by atoms with Gasteiger partial charge in [-0.3, -0.25) is 14.6 Å². The summed E-state index contributed by atoms with van der Waals surface area (Å²) >= 11 is 5.79. The van der Waals surface area contributed by atoms with Crippen LogP contribution in [0.2, 0.25) is 5.02 Å². The van der Waals surface area contributed by atoms with E-state index in [1.807, 2.05) is 24.3 Å². The molecule has 1 N–H and O–H groups in total. The van der Waals surface area contributed by atoms with Crippen molar-refractivity contribution in [3.05, 3.63) is 65.6 Å². The van der Waals surface area contributed by atoms with Crippen molar-refractivity contribution in [3.63, 3.8) is 0 Å². The zero-order valence-electron chi connectivity index (χ0n) is 14.6. The first-order valence-corrected chi connectivity index (χ1v) is 8.70. The van der Waals surface area contributed by atoms with Gasteiger partial charge in [-0.2, -0.15) is 0 Å². The molecule has 1 aromatic heterocycles. The quantitative estimate of drug-likeness (QED) is 0.707. The van der Waals surface area contributed by atoms with Crippen LogP contribution in [0.1, 0.15) is 13.3 Å². The Labute approximate surface area is 160 Å². The normalized spacial score (nSPS) is 10.6. The molecule has 0 aliphatic heterocycles. The van der Waals surface area contributed by atoms with Crippen LogP contribution in [0.15, 0.2) is 54.7 Å². The Bertz CT molecular complexity index is 1000. The average Bonchev–Trinajstić information content (AvgIpc) is 2.65. The number of hydrogen-bond donors (Lipinski definition) is 1. The predicted octanol–water partition coefficient (Wildman–Crippen LogP) is 4.41. The van der Waals surface area contributed by atoms with E-state index in [4.69, 9.17) is 11.6 Å². The number of rotatable bonds is 5. The lowest BCUT2D eigenvalue weighted by Crippen LogP contribution is -2.32. The highest BCUT2D eigenvalue weighted by molar-refractivity contribution is 6.31. The van der Waals surface area contributed by atoms with Crippen molar-refractivity contribution in [2.75, 3.05) is 16.8 Å². The molecular weight excluding hydrogens is 369 g/mol. The number of para-hydroxylation sites is 1. The number of nitrogens with zero attached hydrogens (tertiary/aromatic N) is 2. The van der Waals surface area contributed by atoms with Crippen LogP contribution in [0, 0.1) is 5.82 Å². The highest BCUT2D eigenvalue weighted by Gasteiger charge is 2.15. The van der Waals surface area contributed by atoms with Crippen molar-refractivity contribution in [3.8, 4) is 0 Å². The number of nitrogens with one attached hydrogen (secondary N) is 1. The van der Waals surface area contributed by atoms with E-state index in [2.05, 4.69) is 10.3 Å². The van der Waals surface area contributed by atoms with E-state index in [0.29, 0.717) is 16.9 Å². The molecule has 0 radical (unpaired) electrons. The van der Waals surface area contributed by atoms with Gasteiger partial charge in [0.2, 0.25) is 11.8 Å². The van der Waals surface area contributed by atoms with Gasteiger partial charge in [0, 0.05) is 37.2 Å². The molecular formula is C20H17ClFN3O2. The first kappa shape index (κ1) is 18.8. The standard InChI is InChI=1S/C20H17ClFN3O2/c1-13(26)25(15-7-8-17(22)16(21)12-15)11-9-19(27)24-18-6-2-4-14-5-3-10-23-20(14)18/h2-8,10,12H,9,11H2,1H3,(H,24,27). The van der Waals surface area contributed by atoms with Crippen LogP contribution in [0.25, 0.3) is 10.9 Å². The Morgan fingerprint density at radius 1 is 1.19 bits per heavy atom. The lowest BCUT2D eigenvalue weighted by atomic mass is 10.2. The number of fused-ring (bicyclic) bond motifs is 1. The van der Waals surface area contributed by atoms with E-state index in [1.165, 1.54) is 30.0 Å². The SMILES string of the molecule is CC(=O)N(CCC(=O)Nc1cccc2cccnc12)c1ccc(F)c(Cl)c1. The topological polar surface area (TPSA) is 62.3 Å². The molecule has 0 fully saturated rings. The van der Waals surface area contributed by atoms with Gasteiger partial charge in [-0.25, -0.2) is 4.39 Å². The molecule has 27 heavy (non-hydrogen) atoms. The Morgan fingerprint density at radius 3 is 2.70 bits per heavy atom. The van der Waals surface area contributed by atoms with Crippen LogP contribution in [-0.4, -0.2) is 23.3 Å². The summed E-state index contributed by atoms with van der Waals surface area (Å²) in [5, 5.41) is 3.67. The summed E-state index contributed by atoms with van der Waals surface area (Å²) < 4.78 is 13.3. The number of carbonyl (C=O) groups excluding carboxylic acids is 2. The van der Waals surface area contributed by atoms with Crippen LogP contribution < -0.4 is 10.2 Å². The van der Waals surface area contributed by atoms with Gasteiger partial charge in [-0.15, -0.1) is 0 Å². The molecule has 0 bridgehead atoms. The number of halogens is 2. The van der Waals surface area contributed by atoms with Gasteiger partial charge >= 0.3 is 0 Å². The third-order valence-corrected chi connectivity index (χ3v) is 4.35. The van der Waals surface area contributed by atoms with Gasteiger partial charge in [-0.05, 0) is 30.3 Å². The molecule has 3 rings (SSSR count). The maximum absolute atomic E-state index is 13.3. The second kappa shape index (κ2) is 8.14. The number of carbonyl (C=O) groups is 2. The minimum atomic E-state index is -0.565. The number of hydrogen-bond acceptors (Lipinski definition) is 3. The number of pyridine rings is 1. The van der Waals surface area contributed by atoms with Crippen molar-refractivity contribution < 1.29 is 14.0 Å². The molecule has 2 amide bonds. The molecule has 0 aliphatic carbocycles. The van der Waals surface area contributed by atoms with Gasteiger partial charge in [0.1, 0.15) is 5.82 Å². The minimum Gasteiger partial charge on any atom is -0.324 e. The number of amides is 2. The number of benzene rings is 2. The summed E-state index contributed by atoms with van der Waals surface area (Å²) in [4.78, 5) is 30.0. The summed E-state index contributed by atoms with van der Waals surface area (Å²) in [6.07, 6.45) is 1.73. The Balaban J connectivity index is 1.71. The molecule has 7 heteroatoms. The molecule has 0 spiro atoms. The summed E-state index contributed by atoms with van der Waals surface area (Å²) in [7, 11) is 0. The fraction of sp³-hybridized carbons (Fsp3) is 0.150. The number of anilines is 2. The zero-order valence-corrected chi connectivity index (χ0v) is 15.3. The lowest BCUT2D eigenvalue weighted by Gasteiger charge is -2.21. The number of aromatic nitrogens is 1. The van der Waals surface area contributed by atoms with Crippen LogP contribution in [-0.2, 0) is 9.59 Å². The summed E-state index contributed by atoms with van der Waals surface area (Å²) in [5.41, 5.74) is 1.74. The Kier molecular flexibility index (Phi) is 5.66. The predicted molar refractivity (Wildman–Crippen MR) is 104 cm³/mol. The molecule has 0 unspecified atom stereocenters. The smallest absolute Gasteiger partial charge is 0.226 e. The fourth-order valence-electron chi connectivity index (χ4n) is 2.75. The second-order valence-electron chi connectivity index (χ2n) is 5.95. The molecule has 1 heterocycles. The summed E-state index contributed by atoms with van der Waals surface area (Å²) in [5.74, 6) is -1.09. The van der Waals surface area contributed by atoms with Crippen molar-refractivity contribution in [1.82, 2.24) is 4.98 Å². The molecule has 138 valence electrons. The van der Waals surface area contributed by atoms with Crippen molar-refractivity contribution in [2.45, 2.75) is 13.3 Å². The van der Waals surface area contributed by atoms with Crippen LogP contribution >= 0.6 is 11.6 Å². The van der Waals surface area contributed by atoms with Crippen LogP contribution in [0.5, 0.6) is 0 Å². The van der Waals surface area contributed by atoms with Crippen LogP contribution in [0.3, 0.4) is 0 Å². The molecule has 0 saturated carbocycles. The maximum atomic E-state index is 13.3. The Hall–Kier alpha value is -2.99. The summed E-state index contributed by atoms with van der Waals surface area (Å²) in [6, 6.07) is 13.3. The van der Waals surface area contributed by atoms with E-state index in [0.717, 1.165) is 5.39 Å². The van der Waals surface area contributed by atoms with Crippen molar-refractivity contribution in [2.24, 2.45) is 0 Å². The minimum absolute atomic E-state index is 0.0673. The largest absolute Gasteiger partial charge is 0.324 e. The van der Waals surface area contributed by atoms with Gasteiger partial charge in [0.05, 0.1) is 16.2 Å². The molecule has 5 nitrogen and oxygen atoms in total. The molecule has 3 aromatic rings. The fourth-order valence-corrected chi connectivity index (χ4v) is 2.93. The second-order valence-corrected chi connectivity index (χ2v) is 6.36. The zero-order chi connectivity index (χ0) is 19.4. The van der Waals surface area contributed by atoms with E-state index < -0.39 is 5.82 Å². The third kappa shape index (κ3) is 4.41. The van der Waals surface area contributed by atoms with Gasteiger partial charge in [0.15, 0.2) is 0 Å². The van der Waals surface area contributed by atoms with Gasteiger partial charge in [-0.1, -0.05) is 29.8 Å². The van der Waals surface area contributed by atoms with E-state index in [1.54, 1.807) is 12.3 Å². The van der Waals surface area contributed by atoms with Gasteiger partial charge < -0.3 is 10.2 Å². The third-order valence-electron chi connectivity index (χ3n) is 4.06. The first-order chi connectivity index (χ1) is 13.0. The van der Waals surface area contributed by atoms with Crippen molar-refractivity contribution >= 4 is 45.7 Å². The maximum Gasteiger partial charge on any atom is 0.226 e. The molecule has 0 aliphatic rings. The highest BCUT2D eigenvalue weighted by Crippen LogP contribution is 2.24. The van der Waals surface area contributed by atoms with Gasteiger partial charge in [0.25, 0.3) is 0 Å². The van der Waals surface area contributed by atoms with Crippen molar-refractivity contribution in [1.29, 1.82) is 0 Å².